The van der Waals surface area contributed by atoms with Gasteiger partial charge in [-0.15, -0.1) is 11.8 Å². The van der Waals surface area contributed by atoms with E-state index in [0.717, 1.165) is 22.8 Å². The molecule has 0 bridgehead atoms. The third-order valence-electron chi connectivity index (χ3n) is 4.84. The van der Waals surface area contributed by atoms with E-state index in [1.807, 2.05) is 35.0 Å². The Labute approximate surface area is 179 Å². The molecule has 0 aliphatic carbocycles. The second kappa shape index (κ2) is 9.30. The molecule has 0 amide bonds. The molecule has 2 heterocycles. The van der Waals surface area contributed by atoms with E-state index < -0.39 is 5.79 Å². The van der Waals surface area contributed by atoms with Crippen molar-refractivity contribution in [3.05, 3.63) is 83.7 Å². The highest BCUT2D eigenvalue weighted by molar-refractivity contribution is 7.99. The molecule has 0 saturated carbocycles. The fourth-order valence-corrected chi connectivity index (χ4v) is 4.41. The highest BCUT2D eigenvalue weighted by Gasteiger charge is 2.41. The van der Waals surface area contributed by atoms with Crippen LogP contribution in [0.2, 0.25) is 5.02 Å². The monoisotopic (exact) mass is 432 g/mol. The van der Waals surface area contributed by atoms with E-state index in [2.05, 4.69) is 4.98 Å². The molecule has 2 atom stereocenters. The number of aryl methyl sites for hydroxylation is 1. The molecule has 0 radical (unpaired) electrons. The van der Waals surface area contributed by atoms with Crippen LogP contribution in [0.3, 0.4) is 0 Å². The standard InChI is InChI=1S/C22H22ClFN2O2S/c23-18-4-1-17(2-5-18)3-8-20-13-27-22(28-20,14-26-12-11-25-16-26)15-29-21-9-6-19(24)7-10-21/h1-2,4-7,9-12,16,20H,3,8,13-15H2. The molecule has 2 aromatic carbocycles. The Morgan fingerprint density at radius 1 is 1.17 bits per heavy atom. The van der Waals surface area contributed by atoms with Crippen LogP contribution < -0.4 is 0 Å². The lowest BCUT2D eigenvalue weighted by Crippen LogP contribution is -2.38. The zero-order valence-electron chi connectivity index (χ0n) is 15.8. The van der Waals surface area contributed by atoms with E-state index in [1.165, 1.54) is 17.7 Å². The molecule has 1 saturated heterocycles. The van der Waals surface area contributed by atoms with Crippen LogP contribution in [-0.2, 0) is 22.4 Å². The first-order valence-corrected chi connectivity index (χ1v) is 10.9. The Kier molecular flexibility index (Phi) is 6.55. The predicted molar refractivity (Wildman–Crippen MR) is 113 cm³/mol. The number of aromatic nitrogens is 2. The molecule has 152 valence electrons. The van der Waals surface area contributed by atoms with Gasteiger partial charge in [0.2, 0.25) is 0 Å². The van der Waals surface area contributed by atoms with E-state index in [0.29, 0.717) is 18.9 Å². The maximum Gasteiger partial charge on any atom is 0.196 e. The quantitative estimate of drug-likeness (QED) is 0.458. The van der Waals surface area contributed by atoms with Gasteiger partial charge in [-0.1, -0.05) is 23.7 Å². The average Bonchev–Trinajstić information content (AvgIpc) is 3.38. The van der Waals surface area contributed by atoms with Crippen molar-refractivity contribution in [1.82, 2.24) is 9.55 Å². The number of thioether (sulfide) groups is 1. The molecule has 29 heavy (non-hydrogen) atoms. The van der Waals surface area contributed by atoms with Gasteiger partial charge < -0.3 is 14.0 Å². The van der Waals surface area contributed by atoms with Crippen molar-refractivity contribution in [3.63, 3.8) is 0 Å². The molecule has 0 N–H and O–H groups in total. The van der Waals surface area contributed by atoms with Crippen LogP contribution in [0, 0.1) is 5.82 Å². The predicted octanol–water partition coefficient (Wildman–Crippen LogP) is 5.21. The Balaban J connectivity index is 1.40. The van der Waals surface area contributed by atoms with Gasteiger partial charge in [0.1, 0.15) is 5.82 Å². The molecule has 0 spiro atoms. The van der Waals surface area contributed by atoms with Crippen molar-refractivity contribution in [2.75, 3.05) is 12.4 Å². The zero-order chi connectivity index (χ0) is 20.1. The van der Waals surface area contributed by atoms with Crippen LogP contribution >= 0.6 is 23.4 Å². The van der Waals surface area contributed by atoms with Gasteiger partial charge in [0.05, 0.1) is 31.3 Å². The number of hydrogen-bond donors (Lipinski definition) is 0. The minimum absolute atomic E-state index is 0.0167. The molecule has 1 fully saturated rings. The lowest BCUT2D eigenvalue weighted by Gasteiger charge is -2.28. The lowest BCUT2D eigenvalue weighted by molar-refractivity contribution is -0.159. The summed E-state index contributed by atoms with van der Waals surface area (Å²) in [7, 11) is 0. The third-order valence-corrected chi connectivity index (χ3v) is 6.28. The Morgan fingerprint density at radius 3 is 2.69 bits per heavy atom. The molecule has 3 aromatic rings. The van der Waals surface area contributed by atoms with Crippen LogP contribution in [0.4, 0.5) is 4.39 Å². The first-order chi connectivity index (χ1) is 14.1. The number of halogens is 2. The Morgan fingerprint density at radius 2 is 1.97 bits per heavy atom. The van der Waals surface area contributed by atoms with Crippen LogP contribution in [-0.4, -0.2) is 33.8 Å². The topological polar surface area (TPSA) is 36.3 Å². The summed E-state index contributed by atoms with van der Waals surface area (Å²) in [6.07, 6.45) is 7.19. The van der Waals surface area contributed by atoms with Crippen LogP contribution in [0.25, 0.3) is 0 Å². The van der Waals surface area contributed by atoms with Gasteiger partial charge in [-0.25, -0.2) is 9.37 Å². The fourth-order valence-electron chi connectivity index (χ4n) is 3.32. The van der Waals surface area contributed by atoms with Gasteiger partial charge in [0.25, 0.3) is 0 Å². The van der Waals surface area contributed by atoms with Crippen molar-refractivity contribution in [2.24, 2.45) is 0 Å². The van der Waals surface area contributed by atoms with E-state index >= 15 is 0 Å². The summed E-state index contributed by atoms with van der Waals surface area (Å²) in [4.78, 5) is 5.10. The maximum atomic E-state index is 13.2. The molecule has 2 unspecified atom stereocenters. The Bertz CT molecular complexity index is 906. The van der Waals surface area contributed by atoms with Gasteiger partial charge in [-0.05, 0) is 54.8 Å². The summed E-state index contributed by atoms with van der Waals surface area (Å²) in [6, 6.07) is 14.4. The first-order valence-electron chi connectivity index (χ1n) is 9.51. The van der Waals surface area contributed by atoms with E-state index in [9.17, 15) is 4.39 Å². The number of nitrogens with zero attached hydrogens (tertiary/aromatic N) is 2. The van der Waals surface area contributed by atoms with Crippen LogP contribution in [0.15, 0.2) is 72.1 Å². The van der Waals surface area contributed by atoms with Gasteiger partial charge in [-0.2, -0.15) is 0 Å². The highest BCUT2D eigenvalue weighted by atomic mass is 35.5. The van der Waals surface area contributed by atoms with Gasteiger partial charge in [0.15, 0.2) is 5.79 Å². The summed E-state index contributed by atoms with van der Waals surface area (Å²) in [5, 5.41) is 0.742. The second-order valence-corrected chi connectivity index (χ2v) is 8.59. The summed E-state index contributed by atoms with van der Waals surface area (Å²) >= 11 is 7.56. The van der Waals surface area contributed by atoms with Crippen LogP contribution in [0.1, 0.15) is 12.0 Å². The number of ether oxygens (including phenoxy) is 2. The van der Waals surface area contributed by atoms with Gasteiger partial charge >= 0.3 is 0 Å². The van der Waals surface area contributed by atoms with Crippen LogP contribution in [0.5, 0.6) is 0 Å². The fraction of sp³-hybridized carbons (Fsp3) is 0.318. The van der Waals surface area contributed by atoms with E-state index in [-0.39, 0.29) is 11.9 Å². The molecule has 1 aliphatic rings. The molecule has 7 heteroatoms. The average molecular weight is 433 g/mol. The number of imidazole rings is 1. The largest absolute Gasteiger partial charge is 0.345 e. The molecular weight excluding hydrogens is 411 g/mol. The number of rotatable bonds is 8. The molecule has 4 nitrogen and oxygen atoms in total. The summed E-state index contributed by atoms with van der Waals surface area (Å²) in [5.41, 5.74) is 1.23. The number of hydrogen-bond acceptors (Lipinski definition) is 4. The molecule has 1 aliphatic heterocycles. The van der Waals surface area contributed by atoms with E-state index in [4.69, 9.17) is 21.1 Å². The zero-order valence-corrected chi connectivity index (χ0v) is 17.4. The van der Waals surface area contributed by atoms with Gasteiger partial charge in [-0.3, -0.25) is 0 Å². The van der Waals surface area contributed by atoms with Crippen molar-refractivity contribution in [3.8, 4) is 0 Å². The number of benzene rings is 2. The molecular formula is C22H22ClFN2O2S. The minimum Gasteiger partial charge on any atom is -0.345 e. The highest BCUT2D eigenvalue weighted by Crippen LogP contribution is 2.34. The SMILES string of the molecule is Fc1ccc(SCC2(Cn3ccnc3)OCC(CCc3ccc(Cl)cc3)O2)cc1. The molecule has 1 aromatic heterocycles. The first kappa shape index (κ1) is 20.4. The smallest absolute Gasteiger partial charge is 0.196 e. The van der Waals surface area contributed by atoms with Crippen molar-refractivity contribution < 1.29 is 13.9 Å². The molecule has 4 rings (SSSR count). The maximum absolute atomic E-state index is 13.2. The van der Waals surface area contributed by atoms with Gasteiger partial charge in [0, 0.05) is 22.3 Å². The summed E-state index contributed by atoms with van der Waals surface area (Å²) in [5.74, 6) is -0.378. The second-order valence-electron chi connectivity index (χ2n) is 7.10. The van der Waals surface area contributed by atoms with Crippen molar-refractivity contribution in [1.29, 1.82) is 0 Å². The third kappa shape index (κ3) is 5.60. The van der Waals surface area contributed by atoms with Crippen molar-refractivity contribution in [2.45, 2.75) is 36.2 Å². The lowest BCUT2D eigenvalue weighted by atomic mass is 10.1. The summed E-state index contributed by atoms with van der Waals surface area (Å²) in [6.45, 7) is 1.10. The normalized spacial score (nSPS) is 21.5. The van der Waals surface area contributed by atoms with E-state index in [1.54, 1.807) is 36.4 Å². The minimum atomic E-state index is -0.746. The Hall–Kier alpha value is -1.86. The van der Waals surface area contributed by atoms with Crippen molar-refractivity contribution >= 4 is 23.4 Å². The summed E-state index contributed by atoms with van der Waals surface area (Å²) < 4.78 is 27.8.